The molecular formula is C24H24N3O2+. The van der Waals surface area contributed by atoms with Gasteiger partial charge in [0, 0.05) is 34.4 Å². The van der Waals surface area contributed by atoms with Crippen LogP contribution in [0.1, 0.15) is 37.4 Å². The monoisotopic (exact) mass is 386 g/mol. The number of hydrogen-bond donors (Lipinski definition) is 3. The standard InChI is InChI=1S/C24H23N3O2/c25-23(28)19-9-11-22(12-10-19)26-24(29)20-7-5-17(6-8-20)15-27-14-13-18-3-1-2-4-21(18)16-27/h1-12H,13-16H2,(H2,25,28)(H,26,29)/p+1. The van der Waals surface area contributed by atoms with Crippen LogP contribution < -0.4 is 16.0 Å². The van der Waals surface area contributed by atoms with E-state index < -0.39 is 5.91 Å². The van der Waals surface area contributed by atoms with Gasteiger partial charge in [-0.2, -0.15) is 0 Å². The van der Waals surface area contributed by atoms with Crippen molar-refractivity contribution < 1.29 is 14.5 Å². The molecule has 0 radical (unpaired) electrons. The highest BCUT2D eigenvalue weighted by molar-refractivity contribution is 6.04. The van der Waals surface area contributed by atoms with Gasteiger partial charge >= 0.3 is 0 Å². The summed E-state index contributed by atoms with van der Waals surface area (Å²) < 4.78 is 0. The fraction of sp³-hybridized carbons (Fsp3) is 0.167. The van der Waals surface area contributed by atoms with E-state index in [0.717, 1.165) is 26.1 Å². The molecule has 5 heteroatoms. The summed E-state index contributed by atoms with van der Waals surface area (Å²) in [6.07, 6.45) is 1.11. The average molecular weight is 386 g/mol. The molecule has 3 aromatic rings. The van der Waals surface area contributed by atoms with Crippen molar-refractivity contribution in [1.82, 2.24) is 0 Å². The van der Waals surface area contributed by atoms with Crippen molar-refractivity contribution in [2.75, 3.05) is 11.9 Å². The first kappa shape index (κ1) is 18.9. The molecule has 1 heterocycles. The van der Waals surface area contributed by atoms with E-state index in [1.54, 1.807) is 24.3 Å². The van der Waals surface area contributed by atoms with Crippen molar-refractivity contribution in [3.8, 4) is 0 Å². The molecule has 0 saturated heterocycles. The minimum atomic E-state index is -0.488. The maximum absolute atomic E-state index is 12.5. The van der Waals surface area contributed by atoms with E-state index in [9.17, 15) is 9.59 Å². The molecular weight excluding hydrogens is 362 g/mol. The van der Waals surface area contributed by atoms with Gasteiger partial charge in [0.2, 0.25) is 5.91 Å². The molecule has 0 aliphatic carbocycles. The number of anilines is 1. The molecule has 0 bridgehead atoms. The number of carbonyl (C=O) groups excluding carboxylic acids is 2. The average Bonchev–Trinajstić information content (AvgIpc) is 2.74. The van der Waals surface area contributed by atoms with Crippen molar-refractivity contribution in [2.24, 2.45) is 5.73 Å². The topological polar surface area (TPSA) is 76.6 Å². The van der Waals surface area contributed by atoms with Gasteiger partial charge in [-0.1, -0.05) is 36.4 Å². The first-order chi connectivity index (χ1) is 14.1. The molecule has 1 aliphatic heterocycles. The van der Waals surface area contributed by atoms with Crippen molar-refractivity contribution >= 4 is 17.5 Å². The Morgan fingerprint density at radius 3 is 2.21 bits per heavy atom. The Balaban J connectivity index is 1.36. The van der Waals surface area contributed by atoms with Crippen LogP contribution in [0.25, 0.3) is 0 Å². The van der Waals surface area contributed by atoms with Gasteiger partial charge in [0.1, 0.15) is 13.1 Å². The van der Waals surface area contributed by atoms with Gasteiger partial charge in [-0.05, 0) is 42.0 Å². The summed E-state index contributed by atoms with van der Waals surface area (Å²) in [7, 11) is 0. The van der Waals surface area contributed by atoms with Gasteiger partial charge in [-0.25, -0.2) is 0 Å². The molecule has 0 spiro atoms. The summed E-state index contributed by atoms with van der Waals surface area (Å²) in [5, 5.41) is 2.84. The molecule has 3 aromatic carbocycles. The lowest BCUT2D eigenvalue weighted by atomic mass is 9.99. The van der Waals surface area contributed by atoms with Gasteiger partial charge in [0.15, 0.2) is 0 Å². The number of nitrogens with two attached hydrogens (primary N) is 1. The van der Waals surface area contributed by atoms with E-state index in [2.05, 4.69) is 29.6 Å². The lowest BCUT2D eigenvalue weighted by molar-refractivity contribution is -0.929. The number of quaternary nitrogens is 1. The van der Waals surface area contributed by atoms with Crippen LogP contribution in [-0.2, 0) is 19.5 Å². The van der Waals surface area contributed by atoms with Crippen LogP contribution in [0.3, 0.4) is 0 Å². The normalized spacial score (nSPS) is 15.4. The third-order valence-electron chi connectivity index (χ3n) is 5.40. The Kier molecular flexibility index (Phi) is 5.40. The first-order valence-corrected chi connectivity index (χ1v) is 9.79. The number of carbonyl (C=O) groups is 2. The van der Waals surface area contributed by atoms with Gasteiger partial charge in [-0.15, -0.1) is 0 Å². The largest absolute Gasteiger partial charge is 0.366 e. The SMILES string of the molecule is NC(=O)c1ccc(NC(=O)c2ccc(C[NH+]3CCc4ccccc4C3)cc2)cc1. The highest BCUT2D eigenvalue weighted by Gasteiger charge is 2.19. The number of primary amides is 1. The fourth-order valence-corrected chi connectivity index (χ4v) is 3.78. The Morgan fingerprint density at radius 2 is 1.52 bits per heavy atom. The second-order valence-corrected chi connectivity index (χ2v) is 7.46. The van der Waals surface area contributed by atoms with Gasteiger partial charge < -0.3 is 16.0 Å². The highest BCUT2D eigenvalue weighted by atomic mass is 16.2. The van der Waals surface area contributed by atoms with Crippen LogP contribution in [0.2, 0.25) is 0 Å². The zero-order chi connectivity index (χ0) is 20.2. The molecule has 1 atom stereocenters. The lowest BCUT2D eigenvalue weighted by Crippen LogP contribution is -3.10. The van der Waals surface area contributed by atoms with E-state index in [-0.39, 0.29) is 5.91 Å². The third-order valence-corrected chi connectivity index (χ3v) is 5.40. The molecule has 2 amide bonds. The molecule has 1 aliphatic rings. The van der Waals surface area contributed by atoms with E-state index >= 15 is 0 Å². The molecule has 0 fully saturated rings. The molecule has 0 saturated carbocycles. The Hall–Kier alpha value is -3.44. The summed E-state index contributed by atoms with van der Waals surface area (Å²) in [5.41, 5.74) is 11.0. The molecule has 4 rings (SSSR count). The van der Waals surface area contributed by atoms with Crippen molar-refractivity contribution in [2.45, 2.75) is 19.5 Å². The Bertz CT molecular complexity index is 1030. The second kappa shape index (κ2) is 8.29. The number of fused-ring (bicyclic) bond motifs is 1. The second-order valence-electron chi connectivity index (χ2n) is 7.46. The maximum Gasteiger partial charge on any atom is 0.255 e. The molecule has 4 N–H and O–H groups in total. The van der Waals surface area contributed by atoms with Crippen LogP contribution >= 0.6 is 0 Å². The van der Waals surface area contributed by atoms with Crippen LogP contribution in [0, 0.1) is 0 Å². The number of amides is 2. The third kappa shape index (κ3) is 4.52. The predicted molar refractivity (Wildman–Crippen MR) is 113 cm³/mol. The van der Waals surface area contributed by atoms with Crippen molar-refractivity contribution in [3.63, 3.8) is 0 Å². The number of rotatable bonds is 5. The summed E-state index contributed by atoms with van der Waals surface area (Å²) in [4.78, 5) is 25.1. The van der Waals surface area contributed by atoms with E-state index in [0.29, 0.717) is 16.8 Å². The minimum Gasteiger partial charge on any atom is -0.366 e. The first-order valence-electron chi connectivity index (χ1n) is 9.79. The van der Waals surface area contributed by atoms with E-state index in [1.165, 1.54) is 21.6 Å². The van der Waals surface area contributed by atoms with Crippen molar-refractivity contribution in [1.29, 1.82) is 0 Å². The number of nitrogens with one attached hydrogen (secondary N) is 2. The Labute approximate surface area is 170 Å². The minimum absolute atomic E-state index is 0.178. The molecule has 1 unspecified atom stereocenters. The van der Waals surface area contributed by atoms with Gasteiger partial charge in [-0.3, -0.25) is 9.59 Å². The van der Waals surface area contributed by atoms with Crippen LogP contribution in [0.4, 0.5) is 5.69 Å². The van der Waals surface area contributed by atoms with Crippen LogP contribution in [0.15, 0.2) is 72.8 Å². The molecule has 29 heavy (non-hydrogen) atoms. The zero-order valence-electron chi connectivity index (χ0n) is 16.2. The number of hydrogen-bond acceptors (Lipinski definition) is 2. The molecule has 0 aromatic heterocycles. The van der Waals surface area contributed by atoms with Crippen LogP contribution in [-0.4, -0.2) is 18.4 Å². The predicted octanol–water partition coefficient (Wildman–Crippen LogP) is 2.18. The summed E-state index contributed by atoms with van der Waals surface area (Å²) in [5.74, 6) is -0.666. The van der Waals surface area contributed by atoms with Crippen molar-refractivity contribution in [3.05, 3.63) is 101 Å². The smallest absolute Gasteiger partial charge is 0.255 e. The van der Waals surface area contributed by atoms with Crippen LogP contribution in [0.5, 0.6) is 0 Å². The lowest BCUT2D eigenvalue weighted by Gasteiger charge is -2.26. The quantitative estimate of drug-likeness (QED) is 0.629. The van der Waals surface area contributed by atoms with Gasteiger partial charge in [0.25, 0.3) is 5.91 Å². The highest BCUT2D eigenvalue weighted by Crippen LogP contribution is 2.13. The zero-order valence-corrected chi connectivity index (χ0v) is 16.2. The summed E-state index contributed by atoms with van der Waals surface area (Å²) in [6, 6.07) is 23.0. The van der Waals surface area contributed by atoms with Gasteiger partial charge in [0.05, 0.1) is 6.54 Å². The van der Waals surface area contributed by atoms with E-state index in [4.69, 9.17) is 5.73 Å². The summed E-state index contributed by atoms with van der Waals surface area (Å²) >= 11 is 0. The van der Waals surface area contributed by atoms with E-state index in [1.807, 2.05) is 24.3 Å². The molecule has 146 valence electrons. The summed E-state index contributed by atoms with van der Waals surface area (Å²) in [6.45, 7) is 3.12. The Morgan fingerprint density at radius 1 is 0.862 bits per heavy atom. The number of benzene rings is 3. The maximum atomic E-state index is 12.5. The molecule has 5 nitrogen and oxygen atoms in total. The fourth-order valence-electron chi connectivity index (χ4n) is 3.78.